The van der Waals surface area contributed by atoms with Crippen LogP contribution >= 0.6 is 12.4 Å². The number of imidazole rings is 1. The molecular formula is C20H23ClFN5O. The van der Waals surface area contributed by atoms with Crippen LogP contribution in [0.5, 0.6) is 0 Å². The van der Waals surface area contributed by atoms with Crippen LogP contribution in [0.25, 0.3) is 22.4 Å². The number of nitrogens with zero attached hydrogens (tertiary/aromatic N) is 4. The second-order valence-electron chi connectivity index (χ2n) is 6.72. The van der Waals surface area contributed by atoms with Gasteiger partial charge in [0.15, 0.2) is 0 Å². The summed E-state index contributed by atoms with van der Waals surface area (Å²) in [5.41, 5.74) is 8.65. The number of aromatic nitrogens is 2. The number of anilines is 1. The third-order valence-electron chi connectivity index (χ3n) is 5.15. The first-order valence-corrected chi connectivity index (χ1v) is 9.02. The lowest BCUT2D eigenvalue weighted by Gasteiger charge is -2.36. The maximum absolute atomic E-state index is 14.6. The molecule has 2 heterocycles. The first-order chi connectivity index (χ1) is 13.1. The molecular weight excluding hydrogens is 381 g/mol. The van der Waals surface area contributed by atoms with E-state index in [9.17, 15) is 9.18 Å². The van der Waals surface area contributed by atoms with Gasteiger partial charge in [-0.1, -0.05) is 12.1 Å². The molecule has 0 radical (unpaired) electrons. The molecule has 1 aliphatic heterocycles. The lowest BCUT2D eigenvalue weighted by molar-refractivity contribution is -0.129. The molecule has 1 aromatic heterocycles. The molecule has 0 atom stereocenters. The van der Waals surface area contributed by atoms with E-state index in [1.165, 1.54) is 6.07 Å². The van der Waals surface area contributed by atoms with E-state index in [0.29, 0.717) is 37.6 Å². The summed E-state index contributed by atoms with van der Waals surface area (Å²) in [6, 6.07) is 12.9. The van der Waals surface area contributed by atoms with Crippen LogP contribution in [-0.4, -0.2) is 53.1 Å². The molecule has 28 heavy (non-hydrogen) atoms. The normalized spacial score (nSPS) is 14.2. The fourth-order valence-corrected chi connectivity index (χ4v) is 3.61. The van der Waals surface area contributed by atoms with Crippen molar-refractivity contribution in [3.8, 4) is 11.4 Å². The summed E-state index contributed by atoms with van der Waals surface area (Å²) in [4.78, 5) is 20.3. The van der Waals surface area contributed by atoms with Crippen molar-refractivity contribution in [2.24, 2.45) is 12.8 Å². The van der Waals surface area contributed by atoms with Crippen LogP contribution in [0.2, 0.25) is 0 Å². The molecule has 3 aromatic rings. The van der Waals surface area contributed by atoms with Gasteiger partial charge in [0.05, 0.1) is 23.1 Å². The molecule has 148 valence electrons. The number of para-hydroxylation sites is 2. The summed E-state index contributed by atoms with van der Waals surface area (Å²) in [7, 11) is 1.90. The summed E-state index contributed by atoms with van der Waals surface area (Å²) < 4.78 is 16.5. The number of carbonyl (C=O) groups is 1. The number of hydrogen-bond donors (Lipinski definition) is 1. The number of fused-ring (bicyclic) bond motifs is 1. The number of halogens is 2. The zero-order valence-electron chi connectivity index (χ0n) is 15.6. The van der Waals surface area contributed by atoms with Gasteiger partial charge in [0.2, 0.25) is 5.91 Å². The molecule has 0 unspecified atom stereocenters. The molecule has 6 nitrogen and oxygen atoms in total. The van der Waals surface area contributed by atoms with E-state index in [1.807, 2.05) is 41.9 Å². The Morgan fingerprint density at radius 3 is 2.54 bits per heavy atom. The molecule has 2 aromatic carbocycles. The molecule has 0 aliphatic carbocycles. The first kappa shape index (κ1) is 20.1. The lowest BCUT2D eigenvalue weighted by atomic mass is 10.1. The minimum Gasteiger partial charge on any atom is -0.368 e. The first-order valence-electron chi connectivity index (χ1n) is 9.02. The number of piperazine rings is 1. The summed E-state index contributed by atoms with van der Waals surface area (Å²) in [6.07, 6.45) is 0. The van der Waals surface area contributed by atoms with Crippen LogP contribution in [0.4, 0.5) is 10.1 Å². The molecule has 0 spiro atoms. The largest absolute Gasteiger partial charge is 0.368 e. The van der Waals surface area contributed by atoms with E-state index in [-0.39, 0.29) is 30.7 Å². The van der Waals surface area contributed by atoms with Crippen LogP contribution in [-0.2, 0) is 11.8 Å². The highest BCUT2D eigenvalue weighted by molar-refractivity contribution is 5.85. The quantitative estimate of drug-likeness (QED) is 0.729. The van der Waals surface area contributed by atoms with Gasteiger partial charge in [0, 0.05) is 38.9 Å². The fourth-order valence-electron chi connectivity index (χ4n) is 3.61. The zero-order valence-corrected chi connectivity index (χ0v) is 16.5. The molecule has 8 heteroatoms. The maximum atomic E-state index is 14.6. The van der Waals surface area contributed by atoms with E-state index >= 15 is 0 Å². The fraction of sp³-hybridized carbons (Fsp3) is 0.300. The Kier molecular flexibility index (Phi) is 5.86. The van der Waals surface area contributed by atoms with Gasteiger partial charge in [-0.05, 0) is 30.3 Å². The van der Waals surface area contributed by atoms with Gasteiger partial charge < -0.3 is 20.1 Å². The monoisotopic (exact) mass is 403 g/mol. The van der Waals surface area contributed by atoms with Crippen molar-refractivity contribution in [3.63, 3.8) is 0 Å². The molecule has 4 rings (SSSR count). The van der Waals surface area contributed by atoms with E-state index < -0.39 is 0 Å². The van der Waals surface area contributed by atoms with E-state index in [1.54, 1.807) is 11.0 Å². The number of hydrogen-bond acceptors (Lipinski definition) is 4. The predicted molar refractivity (Wildman–Crippen MR) is 111 cm³/mol. The van der Waals surface area contributed by atoms with Crippen molar-refractivity contribution in [1.82, 2.24) is 14.5 Å². The zero-order chi connectivity index (χ0) is 19.0. The van der Waals surface area contributed by atoms with Crippen LogP contribution in [0.15, 0.2) is 42.5 Å². The number of amides is 1. The smallest absolute Gasteiger partial charge is 0.236 e. The van der Waals surface area contributed by atoms with E-state index in [4.69, 9.17) is 5.73 Å². The molecule has 1 amide bonds. The maximum Gasteiger partial charge on any atom is 0.236 e. The average molecular weight is 404 g/mol. The predicted octanol–water partition coefficient (Wildman–Crippen LogP) is 2.41. The average Bonchev–Trinajstić information content (AvgIpc) is 3.04. The number of aryl methyl sites for hydroxylation is 1. The Balaban J connectivity index is 0.00000225. The third kappa shape index (κ3) is 3.55. The molecule has 1 saturated heterocycles. The molecule has 1 fully saturated rings. The number of benzene rings is 2. The highest BCUT2D eigenvalue weighted by Crippen LogP contribution is 2.30. The van der Waals surface area contributed by atoms with Gasteiger partial charge in [0.25, 0.3) is 0 Å². The van der Waals surface area contributed by atoms with Crippen molar-refractivity contribution in [2.75, 3.05) is 37.6 Å². The van der Waals surface area contributed by atoms with Crippen molar-refractivity contribution in [1.29, 1.82) is 0 Å². The second kappa shape index (κ2) is 8.16. The topological polar surface area (TPSA) is 67.4 Å². The van der Waals surface area contributed by atoms with Gasteiger partial charge in [-0.3, -0.25) is 4.79 Å². The minimum atomic E-state index is -0.297. The number of rotatable bonds is 3. The Morgan fingerprint density at radius 2 is 1.86 bits per heavy atom. The third-order valence-corrected chi connectivity index (χ3v) is 5.15. The number of carbonyl (C=O) groups excluding carboxylic acids is 1. The standard InChI is InChI=1S/C20H22FN5O.ClH/c1-24-18-5-3-2-4-17(18)23-20(24)15-12-14(6-7-16(15)21)25-8-10-26(11-9-25)19(27)13-22;/h2-7,12H,8-11,13,22H2,1H3;1H. The Hall–Kier alpha value is -2.64. The molecule has 0 bridgehead atoms. The molecule has 2 N–H and O–H groups in total. The van der Waals surface area contributed by atoms with Gasteiger partial charge >= 0.3 is 0 Å². The second-order valence-corrected chi connectivity index (χ2v) is 6.72. The van der Waals surface area contributed by atoms with Gasteiger partial charge in [0.1, 0.15) is 11.6 Å². The van der Waals surface area contributed by atoms with Crippen LogP contribution in [0.3, 0.4) is 0 Å². The van der Waals surface area contributed by atoms with Gasteiger partial charge in [-0.25, -0.2) is 9.37 Å². The summed E-state index contributed by atoms with van der Waals surface area (Å²) in [6.45, 7) is 2.66. The minimum absolute atomic E-state index is 0. The van der Waals surface area contributed by atoms with Crippen molar-refractivity contribution >= 4 is 35.0 Å². The highest BCUT2D eigenvalue weighted by Gasteiger charge is 2.22. The van der Waals surface area contributed by atoms with Crippen molar-refractivity contribution in [3.05, 3.63) is 48.3 Å². The summed E-state index contributed by atoms with van der Waals surface area (Å²) in [5.74, 6) is 0.274. The van der Waals surface area contributed by atoms with Crippen LogP contribution in [0, 0.1) is 5.82 Å². The van der Waals surface area contributed by atoms with Crippen molar-refractivity contribution in [2.45, 2.75) is 0 Å². The SMILES string of the molecule is Cl.Cn1c(-c2cc(N3CCN(C(=O)CN)CC3)ccc2F)nc2ccccc21. The highest BCUT2D eigenvalue weighted by atomic mass is 35.5. The van der Waals surface area contributed by atoms with E-state index in [2.05, 4.69) is 9.88 Å². The Labute approximate surface area is 169 Å². The lowest BCUT2D eigenvalue weighted by Crippen LogP contribution is -2.50. The van der Waals surface area contributed by atoms with Crippen LogP contribution in [0.1, 0.15) is 0 Å². The summed E-state index contributed by atoms with van der Waals surface area (Å²) in [5, 5.41) is 0. The molecule has 0 saturated carbocycles. The van der Waals surface area contributed by atoms with Crippen molar-refractivity contribution < 1.29 is 9.18 Å². The Bertz CT molecular complexity index is 997. The van der Waals surface area contributed by atoms with Gasteiger partial charge in [-0.15, -0.1) is 12.4 Å². The Morgan fingerprint density at radius 1 is 1.14 bits per heavy atom. The molecule has 1 aliphatic rings. The summed E-state index contributed by atoms with van der Waals surface area (Å²) >= 11 is 0. The number of nitrogens with two attached hydrogens (primary N) is 1. The van der Waals surface area contributed by atoms with E-state index in [0.717, 1.165) is 16.7 Å². The van der Waals surface area contributed by atoms with Crippen LogP contribution < -0.4 is 10.6 Å². The van der Waals surface area contributed by atoms with Gasteiger partial charge in [-0.2, -0.15) is 0 Å².